The van der Waals surface area contributed by atoms with Gasteiger partial charge in [0.25, 0.3) is 0 Å². The van der Waals surface area contributed by atoms with E-state index < -0.39 is 0 Å². The number of rotatable bonds is 4. The Hall–Kier alpha value is -7.36. The van der Waals surface area contributed by atoms with Crippen molar-refractivity contribution in [2.45, 2.75) is 19.3 Å². The van der Waals surface area contributed by atoms with Crippen LogP contribution < -0.4 is 0 Å². The Kier molecular flexibility index (Phi) is 6.98. The van der Waals surface area contributed by atoms with E-state index in [-0.39, 0.29) is 5.41 Å². The van der Waals surface area contributed by atoms with Crippen molar-refractivity contribution in [3.8, 4) is 55.6 Å². The lowest BCUT2D eigenvalue weighted by Gasteiger charge is -2.22. The summed E-state index contributed by atoms with van der Waals surface area (Å²) in [6.07, 6.45) is 3.57. The maximum absolute atomic E-state index is 6.43. The molecular formula is C55H36N2O. The number of hydrogen-bond acceptors (Lipinski definition) is 3. The average molecular weight is 741 g/mol. The van der Waals surface area contributed by atoms with E-state index in [1.807, 2.05) is 6.07 Å². The van der Waals surface area contributed by atoms with E-state index >= 15 is 0 Å². The number of fused-ring (bicyclic) bond motifs is 12. The zero-order valence-electron chi connectivity index (χ0n) is 32.1. The van der Waals surface area contributed by atoms with Gasteiger partial charge in [0.05, 0.1) is 11.0 Å². The predicted molar refractivity (Wildman–Crippen MR) is 241 cm³/mol. The number of para-hydroxylation sites is 2. The number of nitrogens with zero attached hydrogens (tertiary/aromatic N) is 2. The SMILES string of the molecule is CC1(C)c2cc(-c3ccc(-c4cccc(-c5ccc6c7ccccc7c7nccnc7c6c5)c4)cc3)ccc2-c2ccc(-c3cccc4c3oc3ccccc34)cc21. The topological polar surface area (TPSA) is 38.9 Å². The second-order valence-corrected chi connectivity index (χ2v) is 16.1. The summed E-state index contributed by atoms with van der Waals surface area (Å²) in [5.41, 5.74) is 18.4. The van der Waals surface area contributed by atoms with E-state index in [4.69, 9.17) is 14.4 Å². The number of benzene rings is 9. The first-order valence-electron chi connectivity index (χ1n) is 20.0. The lowest BCUT2D eigenvalue weighted by molar-refractivity contribution is 0.660. The Morgan fingerprint density at radius 2 is 0.879 bits per heavy atom. The van der Waals surface area contributed by atoms with Crippen LogP contribution in [0.2, 0.25) is 0 Å². The van der Waals surface area contributed by atoms with Crippen molar-refractivity contribution >= 4 is 54.5 Å². The summed E-state index contributed by atoms with van der Waals surface area (Å²) in [5, 5.41) is 6.96. The first-order chi connectivity index (χ1) is 28.5. The van der Waals surface area contributed by atoms with E-state index in [0.29, 0.717) is 0 Å². The molecule has 0 bridgehead atoms. The van der Waals surface area contributed by atoms with Crippen LogP contribution in [-0.2, 0) is 5.41 Å². The molecule has 0 fully saturated rings. The predicted octanol–water partition coefficient (Wildman–Crippen LogP) is 14.8. The van der Waals surface area contributed by atoms with Gasteiger partial charge in [-0.25, -0.2) is 0 Å². The van der Waals surface area contributed by atoms with Crippen LogP contribution in [-0.4, -0.2) is 9.97 Å². The number of aromatic nitrogens is 2. The summed E-state index contributed by atoms with van der Waals surface area (Å²) >= 11 is 0. The normalized spacial score (nSPS) is 13.1. The van der Waals surface area contributed by atoms with Crippen LogP contribution in [0.1, 0.15) is 25.0 Å². The van der Waals surface area contributed by atoms with Gasteiger partial charge in [-0.1, -0.05) is 153 Å². The Morgan fingerprint density at radius 3 is 1.64 bits per heavy atom. The summed E-state index contributed by atoms with van der Waals surface area (Å²) in [7, 11) is 0. The number of furan rings is 1. The van der Waals surface area contributed by atoms with Crippen LogP contribution in [0, 0.1) is 0 Å². The lowest BCUT2D eigenvalue weighted by atomic mass is 9.80. The van der Waals surface area contributed by atoms with Crippen molar-refractivity contribution in [3.05, 3.63) is 193 Å². The molecule has 0 atom stereocenters. The summed E-state index contributed by atoms with van der Waals surface area (Å²) in [6.45, 7) is 4.72. The maximum atomic E-state index is 6.43. The zero-order valence-corrected chi connectivity index (χ0v) is 32.1. The molecule has 12 rings (SSSR count). The average Bonchev–Trinajstić information content (AvgIpc) is 3.78. The third kappa shape index (κ3) is 4.86. The molecule has 0 spiro atoms. The summed E-state index contributed by atoms with van der Waals surface area (Å²) in [6, 6.07) is 61.8. The molecule has 11 aromatic rings. The molecule has 2 aromatic heterocycles. The second-order valence-electron chi connectivity index (χ2n) is 16.1. The van der Waals surface area contributed by atoms with Gasteiger partial charge < -0.3 is 4.42 Å². The third-order valence-corrected chi connectivity index (χ3v) is 12.6. The molecule has 0 saturated carbocycles. The summed E-state index contributed by atoms with van der Waals surface area (Å²) in [4.78, 5) is 9.53. The molecule has 3 heteroatoms. The van der Waals surface area contributed by atoms with Gasteiger partial charge in [0.15, 0.2) is 0 Å². The molecule has 0 N–H and O–H groups in total. The Morgan fingerprint density at radius 1 is 0.362 bits per heavy atom. The standard InChI is InChI=1S/C55H36N2O/c1-55(2)49-31-38(22-25-43(49)44-26-23-39(32-50(44)55)40-14-8-15-47-45-12-5-6-16-51(45)58-54(40)47)34-19-17-33(18-20-34)35-9-7-10-36(29-35)37-21-24-42-41-11-3-4-13-46(41)52-53(48(42)30-37)57-28-27-56-52/h3-32H,1-2H3. The minimum absolute atomic E-state index is 0.159. The van der Waals surface area contributed by atoms with E-state index in [2.05, 4.69) is 178 Å². The molecule has 0 unspecified atom stereocenters. The monoisotopic (exact) mass is 740 g/mol. The molecule has 2 heterocycles. The molecule has 58 heavy (non-hydrogen) atoms. The van der Waals surface area contributed by atoms with E-state index in [0.717, 1.165) is 54.9 Å². The van der Waals surface area contributed by atoms with Crippen LogP contribution in [0.3, 0.4) is 0 Å². The van der Waals surface area contributed by atoms with Crippen molar-refractivity contribution in [2.24, 2.45) is 0 Å². The Balaban J connectivity index is 0.860. The van der Waals surface area contributed by atoms with Crippen LogP contribution in [0.25, 0.3) is 110 Å². The van der Waals surface area contributed by atoms with Crippen LogP contribution in [0.5, 0.6) is 0 Å². The van der Waals surface area contributed by atoms with Crippen LogP contribution in [0.15, 0.2) is 187 Å². The van der Waals surface area contributed by atoms with Gasteiger partial charge in [0.2, 0.25) is 0 Å². The fraction of sp³-hybridized carbons (Fsp3) is 0.0545. The van der Waals surface area contributed by atoms with Gasteiger partial charge in [-0.2, -0.15) is 0 Å². The van der Waals surface area contributed by atoms with Crippen LogP contribution >= 0.6 is 0 Å². The lowest BCUT2D eigenvalue weighted by Crippen LogP contribution is -2.15. The van der Waals surface area contributed by atoms with Gasteiger partial charge in [-0.15, -0.1) is 0 Å². The van der Waals surface area contributed by atoms with Gasteiger partial charge in [-0.05, 0) is 102 Å². The highest BCUT2D eigenvalue weighted by Gasteiger charge is 2.36. The zero-order chi connectivity index (χ0) is 38.5. The highest BCUT2D eigenvalue weighted by atomic mass is 16.3. The molecular weight excluding hydrogens is 705 g/mol. The van der Waals surface area contributed by atoms with E-state index in [1.165, 1.54) is 66.4 Å². The molecule has 1 aliphatic carbocycles. The van der Waals surface area contributed by atoms with Gasteiger partial charge in [-0.3, -0.25) is 9.97 Å². The highest BCUT2D eigenvalue weighted by molar-refractivity contribution is 6.23. The first-order valence-corrected chi connectivity index (χ1v) is 20.0. The second kappa shape index (κ2) is 12.3. The molecule has 1 aliphatic rings. The summed E-state index contributed by atoms with van der Waals surface area (Å²) < 4.78 is 6.43. The fourth-order valence-corrected chi connectivity index (χ4v) is 9.60. The molecule has 9 aromatic carbocycles. The molecule has 0 saturated heterocycles. The Bertz CT molecular complexity index is 3450. The first kappa shape index (κ1) is 32.8. The van der Waals surface area contributed by atoms with Crippen molar-refractivity contribution < 1.29 is 4.42 Å². The van der Waals surface area contributed by atoms with E-state index in [9.17, 15) is 0 Å². The largest absolute Gasteiger partial charge is 0.455 e. The van der Waals surface area contributed by atoms with Crippen LogP contribution in [0.4, 0.5) is 0 Å². The minimum atomic E-state index is -0.159. The van der Waals surface area contributed by atoms with Crippen molar-refractivity contribution in [1.29, 1.82) is 0 Å². The number of hydrogen-bond donors (Lipinski definition) is 0. The molecule has 3 nitrogen and oxygen atoms in total. The maximum Gasteiger partial charge on any atom is 0.143 e. The fourth-order valence-electron chi connectivity index (χ4n) is 9.60. The highest BCUT2D eigenvalue weighted by Crippen LogP contribution is 2.51. The van der Waals surface area contributed by atoms with Crippen molar-refractivity contribution in [1.82, 2.24) is 9.97 Å². The smallest absolute Gasteiger partial charge is 0.143 e. The van der Waals surface area contributed by atoms with Crippen molar-refractivity contribution in [3.63, 3.8) is 0 Å². The molecule has 0 amide bonds. The quantitative estimate of drug-likeness (QED) is 0.169. The van der Waals surface area contributed by atoms with Gasteiger partial charge >= 0.3 is 0 Å². The Labute approximate surface area is 335 Å². The van der Waals surface area contributed by atoms with E-state index in [1.54, 1.807) is 12.4 Å². The van der Waals surface area contributed by atoms with Gasteiger partial charge in [0, 0.05) is 44.9 Å². The molecule has 0 radical (unpaired) electrons. The molecule has 272 valence electrons. The van der Waals surface area contributed by atoms with Crippen molar-refractivity contribution in [2.75, 3.05) is 0 Å². The summed E-state index contributed by atoms with van der Waals surface area (Å²) in [5.74, 6) is 0. The third-order valence-electron chi connectivity index (χ3n) is 12.6. The minimum Gasteiger partial charge on any atom is -0.455 e. The van der Waals surface area contributed by atoms with Gasteiger partial charge in [0.1, 0.15) is 11.2 Å². The molecule has 0 aliphatic heterocycles.